The standard InChI is InChI=1S/C11H17N3O2/c1-7-10(8(2)13-12-7)11(16)14-4-3-9(5-14)6-15/h9,15H,3-6H2,1-2H3,(H,12,13). The Kier molecular flexibility index (Phi) is 2.96. The Hall–Kier alpha value is -1.36. The van der Waals surface area contributed by atoms with E-state index in [1.807, 2.05) is 13.8 Å². The van der Waals surface area contributed by atoms with Crippen LogP contribution in [-0.2, 0) is 0 Å². The number of nitrogens with zero attached hydrogens (tertiary/aromatic N) is 2. The Labute approximate surface area is 94.5 Å². The lowest BCUT2D eigenvalue weighted by Crippen LogP contribution is -2.29. The Morgan fingerprint density at radius 2 is 2.38 bits per heavy atom. The van der Waals surface area contributed by atoms with Gasteiger partial charge in [0.1, 0.15) is 0 Å². The molecule has 1 unspecified atom stereocenters. The van der Waals surface area contributed by atoms with Crippen LogP contribution in [-0.4, -0.2) is 45.8 Å². The minimum Gasteiger partial charge on any atom is -0.396 e. The fourth-order valence-electron chi connectivity index (χ4n) is 2.19. The van der Waals surface area contributed by atoms with Crippen molar-refractivity contribution in [3.05, 3.63) is 17.0 Å². The van der Waals surface area contributed by atoms with Crippen molar-refractivity contribution in [1.29, 1.82) is 0 Å². The van der Waals surface area contributed by atoms with Gasteiger partial charge in [-0.2, -0.15) is 5.10 Å². The van der Waals surface area contributed by atoms with E-state index in [0.717, 1.165) is 24.4 Å². The predicted octanol–water partition coefficient (Wildman–Crippen LogP) is 0.481. The summed E-state index contributed by atoms with van der Waals surface area (Å²) in [4.78, 5) is 14.0. The van der Waals surface area contributed by atoms with Crippen LogP contribution in [0.1, 0.15) is 28.2 Å². The lowest BCUT2D eigenvalue weighted by atomic mass is 10.1. The molecular formula is C11H17N3O2. The van der Waals surface area contributed by atoms with Crippen molar-refractivity contribution >= 4 is 5.91 Å². The number of nitrogens with one attached hydrogen (secondary N) is 1. The van der Waals surface area contributed by atoms with E-state index in [-0.39, 0.29) is 18.4 Å². The summed E-state index contributed by atoms with van der Waals surface area (Å²) in [5.41, 5.74) is 2.24. The number of H-pyrrole nitrogens is 1. The second-order valence-electron chi connectivity index (χ2n) is 4.40. The van der Waals surface area contributed by atoms with E-state index in [4.69, 9.17) is 5.11 Å². The van der Waals surface area contributed by atoms with E-state index in [1.165, 1.54) is 0 Å². The van der Waals surface area contributed by atoms with Gasteiger partial charge in [0.2, 0.25) is 0 Å². The molecule has 0 aromatic carbocycles. The van der Waals surface area contributed by atoms with Crippen LogP contribution in [0.5, 0.6) is 0 Å². The maximum atomic E-state index is 12.2. The normalized spacial score (nSPS) is 20.4. The van der Waals surface area contributed by atoms with Crippen LogP contribution in [0.3, 0.4) is 0 Å². The number of hydrogen-bond donors (Lipinski definition) is 2. The van der Waals surface area contributed by atoms with Crippen LogP contribution in [0.25, 0.3) is 0 Å². The van der Waals surface area contributed by atoms with Crippen molar-refractivity contribution < 1.29 is 9.90 Å². The average Bonchev–Trinajstić information content (AvgIpc) is 2.85. The summed E-state index contributed by atoms with van der Waals surface area (Å²) < 4.78 is 0. The molecule has 0 radical (unpaired) electrons. The molecule has 1 aromatic heterocycles. The topological polar surface area (TPSA) is 69.2 Å². The van der Waals surface area contributed by atoms with E-state index in [0.29, 0.717) is 12.1 Å². The van der Waals surface area contributed by atoms with Crippen LogP contribution in [0.4, 0.5) is 0 Å². The van der Waals surface area contributed by atoms with Gasteiger partial charge in [-0.25, -0.2) is 0 Å². The summed E-state index contributed by atoms with van der Waals surface area (Å²) in [6, 6.07) is 0. The second kappa shape index (κ2) is 4.25. The first-order chi connectivity index (χ1) is 7.63. The summed E-state index contributed by atoms with van der Waals surface area (Å²) in [5, 5.41) is 15.9. The van der Waals surface area contributed by atoms with Gasteiger partial charge in [0.15, 0.2) is 0 Å². The molecule has 1 fully saturated rings. The van der Waals surface area contributed by atoms with E-state index < -0.39 is 0 Å². The smallest absolute Gasteiger partial charge is 0.257 e. The third kappa shape index (κ3) is 1.82. The monoisotopic (exact) mass is 223 g/mol. The molecule has 1 aliphatic heterocycles. The van der Waals surface area contributed by atoms with E-state index >= 15 is 0 Å². The Morgan fingerprint density at radius 3 is 2.88 bits per heavy atom. The summed E-state index contributed by atoms with van der Waals surface area (Å²) in [7, 11) is 0. The number of aliphatic hydroxyl groups is 1. The number of hydrogen-bond acceptors (Lipinski definition) is 3. The zero-order valence-electron chi connectivity index (χ0n) is 9.66. The molecule has 1 amide bonds. The molecule has 1 aromatic rings. The fraction of sp³-hybridized carbons (Fsp3) is 0.636. The number of likely N-dealkylation sites (tertiary alicyclic amines) is 1. The van der Waals surface area contributed by atoms with Crippen molar-refractivity contribution in [2.24, 2.45) is 5.92 Å². The van der Waals surface area contributed by atoms with Crippen molar-refractivity contribution in [3.8, 4) is 0 Å². The number of carbonyl (C=O) groups excluding carboxylic acids is 1. The molecule has 5 heteroatoms. The van der Waals surface area contributed by atoms with Crippen LogP contribution in [0.15, 0.2) is 0 Å². The fourth-order valence-corrected chi connectivity index (χ4v) is 2.19. The number of aromatic nitrogens is 2. The van der Waals surface area contributed by atoms with Crippen LogP contribution in [0, 0.1) is 19.8 Å². The van der Waals surface area contributed by atoms with E-state index in [9.17, 15) is 4.79 Å². The lowest BCUT2D eigenvalue weighted by Gasteiger charge is -2.16. The zero-order chi connectivity index (χ0) is 11.7. The van der Waals surface area contributed by atoms with Gasteiger partial charge in [-0.05, 0) is 20.3 Å². The Bertz CT molecular complexity index is 380. The van der Waals surface area contributed by atoms with Crippen molar-refractivity contribution in [3.63, 3.8) is 0 Å². The molecule has 5 nitrogen and oxygen atoms in total. The van der Waals surface area contributed by atoms with Gasteiger partial charge in [-0.1, -0.05) is 0 Å². The number of rotatable bonds is 2. The number of aromatic amines is 1. The molecule has 16 heavy (non-hydrogen) atoms. The molecule has 2 N–H and O–H groups in total. The zero-order valence-corrected chi connectivity index (χ0v) is 9.66. The van der Waals surface area contributed by atoms with Crippen LogP contribution >= 0.6 is 0 Å². The minimum atomic E-state index is 0.0275. The molecule has 0 aliphatic carbocycles. The highest BCUT2D eigenvalue weighted by atomic mass is 16.3. The van der Waals surface area contributed by atoms with Crippen molar-refractivity contribution in [1.82, 2.24) is 15.1 Å². The van der Waals surface area contributed by atoms with E-state index in [2.05, 4.69) is 10.2 Å². The van der Waals surface area contributed by atoms with Gasteiger partial charge in [-0.3, -0.25) is 9.89 Å². The summed E-state index contributed by atoms with van der Waals surface area (Å²) in [6.45, 7) is 5.23. The van der Waals surface area contributed by atoms with E-state index in [1.54, 1.807) is 4.90 Å². The minimum absolute atomic E-state index is 0.0275. The Balaban J connectivity index is 2.15. The summed E-state index contributed by atoms with van der Waals surface area (Å²) in [5.74, 6) is 0.260. The molecule has 0 spiro atoms. The van der Waals surface area contributed by atoms with Gasteiger partial charge in [0.25, 0.3) is 5.91 Å². The molecule has 0 saturated carbocycles. The third-order valence-corrected chi connectivity index (χ3v) is 3.17. The number of aryl methyl sites for hydroxylation is 2. The van der Waals surface area contributed by atoms with Crippen molar-refractivity contribution in [2.45, 2.75) is 20.3 Å². The highest BCUT2D eigenvalue weighted by Crippen LogP contribution is 2.20. The van der Waals surface area contributed by atoms with Crippen molar-refractivity contribution in [2.75, 3.05) is 19.7 Å². The van der Waals surface area contributed by atoms with Gasteiger partial charge in [-0.15, -0.1) is 0 Å². The molecule has 0 bridgehead atoms. The predicted molar refractivity (Wildman–Crippen MR) is 59.2 cm³/mol. The third-order valence-electron chi connectivity index (χ3n) is 3.17. The molecule has 88 valence electrons. The number of aliphatic hydroxyl groups excluding tert-OH is 1. The second-order valence-corrected chi connectivity index (χ2v) is 4.40. The maximum Gasteiger partial charge on any atom is 0.257 e. The highest BCUT2D eigenvalue weighted by molar-refractivity contribution is 5.96. The SMILES string of the molecule is Cc1n[nH]c(C)c1C(=O)N1CCC(CO)C1. The quantitative estimate of drug-likeness (QED) is 0.766. The molecule has 2 rings (SSSR count). The molecule has 1 atom stereocenters. The Morgan fingerprint density at radius 1 is 1.62 bits per heavy atom. The highest BCUT2D eigenvalue weighted by Gasteiger charge is 2.28. The average molecular weight is 223 g/mol. The molecule has 1 aliphatic rings. The van der Waals surface area contributed by atoms with Gasteiger partial charge in [0, 0.05) is 31.3 Å². The molecule has 2 heterocycles. The number of amides is 1. The maximum absolute atomic E-state index is 12.2. The first-order valence-electron chi connectivity index (χ1n) is 5.55. The first-order valence-corrected chi connectivity index (χ1v) is 5.55. The van der Waals surface area contributed by atoms with Gasteiger partial charge < -0.3 is 10.0 Å². The van der Waals surface area contributed by atoms with Gasteiger partial charge in [0.05, 0.1) is 11.3 Å². The lowest BCUT2D eigenvalue weighted by molar-refractivity contribution is 0.0780. The van der Waals surface area contributed by atoms with Crippen LogP contribution < -0.4 is 0 Å². The molecular weight excluding hydrogens is 206 g/mol. The molecule has 1 saturated heterocycles. The summed E-state index contributed by atoms with van der Waals surface area (Å²) >= 11 is 0. The first kappa shape index (κ1) is 11.1. The summed E-state index contributed by atoms with van der Waals surface area (Å²) in [6.07, 6.45) is 0.887. The van der Waals surface area contributed by atoms with Gasteiger partial charge >= 0.3 is 0 Å². The largest absolute Gasteiger partial charge is 0.396 e. The van der Waals surface area contributed by atoms with Crippen LogP contribution in [0.2, 0.25) is 0 Å². The number of carbonyl (C=O) groups is 1.